The Morgan fingerprint density at radius 1 is 0.615 bits per heavy atom. The second-order valence-corrected chi connectivity index (χ2v) is 2.56. The van der Waals surface area contributed by atoms with E-state index in [0.717, 1.165) is 19.3 Å². The fraction of sp³-hybridized carbons (Fsp3) is 0.750. The van der Waals surface area contributed by atoms with E-state index in [1.165, 1.54) is 19.3 Å². The molecule has 0 radical (unpaired) electrons. The van der Waals surface area contributed by atoms with Gasteiger partial charge in [-0.25, -0.2) is 0 Å². The summed E-state index contributed by atoms with van der Waals surface area (Å²) in [6, 6.07) is 0. The van der Waals surface area contributed by atoms with E-state index in [1.54, 1.807) is 0 Å². The first-order valence-electron chi connectivity index (χ1n) is 5.12. The van der Waals surface area contributed by atoms with Crippen LogP contribution in [0.2, 0.25) is 0 Å². The molecule has 0 unspecified atom stereocenters. The van der Waals surface area contributed by atoms with Crippen LogP contribution in [0, 0.1) is 20.8 Å². The molecule has 1 heteroatoms. The molecule has 0 aromatic carbocycles. The number of hydrogen-bond donors (Lipinski definition) is 0. The fourth-order valence-electron chi connectivity index (χ4n) is 0. The van der Waals surface area contributed by atoms with Crippen molar-refractivity contribution in [3.05, 3.63) is 20.8 Å². The summed E-state index contributed by atoms with van der Waals surface area (Å²) in [6.45, 7) is 17.2. The molecule has 0 atom stereocenters. The standard InChI is InChI=1S/3C4H9.Hf/c3*1-3-4-2;/h3*1,3-4H2,2H3;/q3*-1;. The molecule has 0 fully saturated rings. The monoisotopic (exact) mass is 351 g/mol. The Bertz CT molecular complexity index is 20.6. The minimum Gasteiger partial charge on any atom is -0.343 e. The maximum atomic E-state index is 3.60. The Labute approximate surface area is 106 Å². The van der Waals surface area contributed by atoms with Gasteiger partial charge in [0.1, 0.15) is 0 Å². The Hall–Kier alpha value is 0.870. The molecular formula is C12H27Hf-3. The quantitative estimate of drug-likeness (QED) is 0.504. The van der Waals surface area contributed by atoms with Gasteiger partial charge in [0, 0.05) is 25.8 Å². The summed E-state index contributed by atoms with van der Waals surface area (Å²) in [7, 11) is 0. The average Bonchev–Trinajstić information content (AvgIpc) is 2.18. The second-order valence-electron chi connectivity index (χ2n) is 2.56. The van der Waals surface area contributed by atoms with Gasteiger partial charge in [0.2, 0.25) is 0 Å². The van der Waals surface area contributed by atoms with Gasteiger partial charge in [-0.1, -0.05) is 40.0 Å². The first-order chi connectivity index (χ1) is 5.74. The normalized spacial score (nSPS) is 6.92. The van der Waals surface area contributed by atoms with Crippen LogP contribution >= 0.6 is 0 Å². The summed E-state index contributed by atoms with van der Waals surface area (Å²) < 4.78 is 0. The zero-order chi connectivity index (χ0) is 10.2. The predicted molar refractivity (Wildman–Crippen MR) is 60.8 cm³/mol. The van der Waals surface area contributed by atoms with Crippen molar-refractivity contribution in [2.45, 2.75) is 59.3 Å². The van der Waals surface area contributed by atoms with Crippen LogP contribution in [0.25, 0.3) is 0 Å². The van der Waals surface area contributed by atoms with Crippen molar-refractivity contribution in [3.8, 4) is 0 Å². The summed E-state index contributed by atoms with van der Waals surface area (Å²) in [6.07, 6.45) is 6.83. The Morgan fingerprint density at radius 3 is 0.692 bits per heavy atom. The zero-order valence-corrected chi connectivity index (χ0v) is 13.5. The molecule has 0 saturated carbocycles. The van der Waals surface area contributed by atoms with Gasteiger partial charge in [0.25, 0.3) is 0 Å². The fourth-order valence-corrected chi connectivity index (χ4v) is 0. The molecule has 0 nitrogen and oxygen atoms in total. The van der Waals surface area contributed by atoms with E-state index in [0.29, 0.717) is 0 Å². The third kappa shape index (κ3) is 102. The topological polar surface area (TPSA) is 0 Å². The van der Waals surface area contributed by atoms with Gasteiger partial charge in [-0.3, -0.25) is 0 Å². The van der Waals surface area contributed by atoms with Crippen molar-refractivity contribution in [1.82, 2.24) is 0 Å². The number of hydrogen-bond acceptors (Lipinski definition) is 0. The molecule has 0 heterocycles. The molecule has 0 aromatic heterocycles. The Balaban J connectivity index is -0.0000000450. The van der Waals surface area contributed by atoms with E-state index < -0.39 is 0 Å². The van der Waals surface area contributed by atoms with E-state index in [4.69, 9.17) is 0 Å². The second kappa shape index (κ2) is 38.4. The molecule has 0 aromatic rings. The molecular weight excluding hydrogens is 323 g/mol. The zero-order valence-electron chi connectivity index (χ0n) is 9.86. The molecule has 0 saturated heterocycles. The molecule has 0 amide bonds. The van der Waals surface area contributed by atoms with Crippen LogP contribution in [0.1, 0.15) is 59.3 Å². The van der Waals surface area contributed by atoms with E-state index in [-0.39, 0.29) is 25.8 Å². The van der Waals surface area contributed by atoms with E-state index >= 15 is 0 Å². The molecule has 0 aliphatic rings. The van der Waals surface area contributed by atoms with Crippen LogP contribution in [-0.2, 0) is 25.8 Å². The summed E-state index contributed by atoms with van der Waals surface area (Å²) in [4.78, 5) is 0. The van der Waals surface area contributed by atoms with Crippen molar-refractivity contribution in [2.75, 3.05) is 0 Å². The summed E-state index contributed by atoms with van der Waals surface area (Å²) in [5.74, 6) is 0. The van der Waals surface area contributed by atoms with Gasteiger partial charge in [0.05, 0.1) is 0 Å². The first-order valence-corrected chi connectivity index (χ1v) is 5.12. The van der Waals surface area contributed by atoms with Crippen LogP contribution in [0.4, 0.5) is 0 Å². The number of unbranched alkanes of at least 4 members (excludes halogenated alkanes) is 3. The van der Waals surface area contributed by atoms with Gasteiger partial charge in [-0.15, -0.1) is 0 Å². The van der Waals surface area contributed by atoms with Gasteiger partial charge in [-0.05, 0) is 0 Å². The van der Waals surface area contributed by atoms with E-state index in [2.05, 4.69) is 41.5 Å². The van der Waals surface area contributed by atoms with Gasteiger partial charge in [0.15, 0.2) is 0 Å². The largest absolute Gasteiger partial charge is 0.343 e. The Morgan fingerprint density at radius 2 is 0.692 bits per heavy atom. The third-order valence-corrected chi connectivity index (χ3v) is 1.06. The molecule has 0 spiro atoms. The van der Waals surface area contributed by atoms with Crippen LogP contribution in [0.15, 0.2) is 0 Å². The van der Waals surface area contributed by atoms with Gasteiger partial charge >= 0.3 is 0 Å². The average molecular weight is 350 g/mol. The maximum absolute atomic E-state index is 3.60. The van der Waals surface area contributed by atoms with Gasteiger partial charge < -0.3 is 20.8 Å². The van der Waals surface area contributed by atoms with E-state index in [1.807, 2.05) is 0 Å². The minimum atomic E-state index is 0. The Kier molecular flexibility index (Phi) is 69.7. The number of rotatable bonds is 3. The molecule has 0 aliphatic carbocycles. The first kappa shape index (κ1) is 23.6. The van der Waals surface area contributed by atoms with Crippen molar-refractivity contribution in [3.63, 3.8) is 0 Å². The summed E-state index contributed by atoms with van der Waals surface area (Å²) >= 11 is 0. The van der Waals surface area contributed by atoms with Crippen molar-refractivity contribution >= 4 is 0 Å². The van der Waals surface area contributed by atoms with Crippen molar-refractivity contribution in [2.24, 2.45) is 0 Å². The molecule has 0 bridgehead atoms. The molecule has 82 valence electrons. The van der Waals surface area contributed by atoms with Crippen LogP contribution in [-0.4, -0.2) is 0 Å². The summed E-state index contributed by atoms with van der Waals surface area (Å²) in [5.41, 5.74) is 0. The molecule has 0 rings (SSSR count). The van der Waals surface area contributed by atoms with Crippen molar-refractivity contribution < 1.29 is 25.8 Å². The van der Waals surface area contributed by atoms with E-state index in [9.17, 15) is 0 Å². The molecule has 0 N–H and O–H groups in total. The van der Waals surface area contributed by atoms with Gasteiger partial charge in [-0.2, -0.15) is 19.3 Å². The smallest absolute Gasteiger partial charge is 0 e. The minimum absolute atomic E-state index is 0. The van der Waals surface area contributed by atoms with Crippen LogP contribution in [0.3, 0.4) is 0 Å². The molecule has 13 heavy (non-hydrogen) atoms. The van der Waals surface area contributed by atoms with Crippen LogP contribution in [0.5, 0.6) is 0 Å². The molecule has 0 aliphatic heterocycles. The van der Waals surface area contributed by atoms with Crippen molar-refractivity contribution in [1.29, 1.82) is 0 Å². The van der Waals surface area contributed by atoms with Crippen LogP contribution < -0.4 is 0 Å². The SMILES string of the molecule is [CH2-]CCC.[CH2-]CCC.[CH2-]CCC.[Hf]. The maximum Gasteiger partial charge on any atom is 0 e. The predicted octanol–water partition coefficient (Wildman–Crippen LogP) is 4.86. The third-order valence-electron chi connectivity index (χ3n) is 1.06. The summed E-state index contributed by atoms with van der Waals surface area (Å²) in [5, 5.41) is 0.